The van der Waals surface area contributed by atoms with Crippen LogP contribution in [0.3, 0.4) is 0 Å². The maximum Gasteiger partial charge on any atom is 0.247 e. The van der Waals surface area contributed by atoms with E-state index in [9.17, 15) is 0 Å². The fourth-order valence-electron chi connectivity index (χ4n) is 2.18. The number of rotatable bonds is 6. The zero-order valence-electron chi connectivity index (χ0n) is 13.5. The van der Waals surface area contributed by atoms with Crippen LogP contribution in [0, 0.1) is 0 Å². The van der Waals surface area contributed by atoms with Crippen LogP contribution in [0.25, 0.3) is 0 Å². The van der Waals surface area contributed by atoms with E-state index in [1.54, 1.807) is 30.7 Å². The van der Waals surface area contributed by atoms with Crippen LogP contribution in [0.1, 0.15) is 5.56 Å². The van der Waals surface area contributed by atoms with Crippen LogP contribution in [-0.4, -0.2) is 33.8 Å². The van der Waals surface area contributed by atoms with Gasteiger partial charge in [-0.1, -0.05) is 23.2 Å². The highest BCUT2D eigenvalue weighted by atomic mass is 35.5. The predicted molar refractivity (Wildman–Crippen MR) is 101 cm³/mol. The third-order valence-electron chi connectivity index (χ3n) is 3.57. The Morgan fingerprint density at radius 1 is 1.08 bits per heavy atom. The molecule has 1 aromatic carbocycles. The number of likely N-dealkylation sites (N-methyl/N-ethyl adjacent to an activating group) is 1. The van der Waals surface area contributed by atoms with E-state index < -0.39 is 0 Å². The predicted octanol–water partition coefficient (Wildman–Crippen LogP) is 4.00. The molecule has 6 nitrogen and oxygen atoms in total. The molecule has 0 saturated heterocycles. The first-order chi connectivity index (χ1) is 12.1. The summed E-state index contributed by atoms with van der Waals surface area (Å²) in [6.45, 7) is 0.766. The summed E-state index contributed by atoms with van der Waals surface area (Å²) in [5.74, 6) is 1.12. The standard InChI is InChI=1S/C17H16Cl2N6/c1-25(9-6-12-4-7-20-8-5-12)17-23-16(11-21-24-17)22-13-2-3-14(18)15(19)10-13/h2-5,7-8,10-11H,6,9H2,1H3,(H,22,23,24). The molecule has 0 atom stereocenters. The van der Waals surface area contributed by atoms with Crippen LogP contribution in [0.2, 0.25) is 10.0 Å². The van der Waals surface area contributed by atoms with Crippen LogP contribution in [0.4, 0.5) is 17.5 Å². The number of nitrogens with zero attached hydrogens (tertiary/aromatic N) is 5. The van der Waals surface area contributed by atoms with Crippen molar-refractivity contribution in [1.29, 1.82) is 0 Å². The quantitative estimate of drug-likeness (QED) is 0.703. The van der Waals surface area contributed by atoms with Crippen molar-refractivity contribution in [1.82, 2.24) is 20.2 Å². The maximum absolute atomic E-state index is 6.03. The van der Waals surface area contributed by atoms with E-state index >= 15 is 0 Å². The summed E-state index contributed by atoms with van der Waals surface area (Å²) in [5, 5.41) is 12.2. The molecular weight excluding hydrogens is 359 g/mol. The first kappa shape index (κ1) is 17.4. The largest absolute Gasteiger partial charge is 0.342 e. The Morgan fingerprint density at radius 2 is 1.88 bits per heavy atom. The second-order valence-electron chi connectivity index (χ2n) is 5.42. The van der Waals surface area contributed by atoms with Gasteiger partial charge in [0.1, 0.15) is 0 Å². The van der Waals surface area contributed by atoms with E-state index in [4.69, 9.17) is 23.2 Å². The van der Waals surface area contributed by atoms with E-state index in [0.717, 1.165) is 18.7 Å². The number of anilines is 3. The van der Waals surface area contributed by atoms with Crippen LogP contribution >= 0.6 is 23.2 Å². The molecule has 0 aliphatic heterocycles. The molecule has 0 aliphatic rings. The zero-order chi connectivity index (χ0) is 17.6. The van der Waals surface area contributed by atoms with Gasteiger partial charge in [0.15, 0.2) is 5.82 Å². The molecule has 0 unspecified atom stereocenters. The lowest BCUT2D eigenvalue weighted by molar-refractivity contribution is 0.812. The summed E-state index contributed by atoms with van der Waals surface area (Å²) in [7, 11) is 1.93. The van der Waals surface area contributed by atoms with Crippen molar-refractivity contribution in [3.05, 3.63) is 64.5 Å². The van der Waals surface area contributed by atoms with E-state index in [0.29, 0.717) is 21.8 Å². The lowest BCUT2D eigenvalue weighted by Gasteiger charge is -2.17. The summed E-state index contributed by atoms with van der Waals surface area (Å²) in [6.07, 6.45) is 6.00. The fourth-order valence-corrected chi connectivity index (χ4v) is 2.48. The number of pyridine rings is 1. The van der Waals surface area contributed by atoms with Gasteiger partial charge in [-0.3, -0.25) is 4.98 Å². The molecule has 0 fully saturated rings. The molecule has 25 heavy (non-hydrogen) atoms. The van der Waals surface area contributed by atoms with E-state index in [1.165, 1.54) is 5.56 Å². The molecule has 2 heterocycles. The minimum atomic E-state index is 0.475. The monoisotopic (exact) mass is 374 g/mol. The normalized spacial score (nSPS) is 10.5. The fraction of sp³-hybridized carbons (Fsp3) is 0.176. The third-order valence-corrected chi connectivity index (χ3v) is 4.31. The van der Waals surface area contributed by atoms with Crippen molar-refractivity contribution in [2.45, 2.75) is 6.42 Å². The summed E-state index contributed by atoms with van der Waals surface area (Å²) in [5.41, 5.74) is 1.99. The average Bonchev–Trinajstić information content (AvgIpc) is 2.64. The smallest absolute Gasteiger partial charge is 0.247 e. The summed E-state index contributed by atoms with van der Waals surface area (Å²) in [6, 6.07) is 9.27. The van der Waals surface area contributed by atoms with Gasteiger partial charge in [0.2, 0.25) is 5.95 Å². The number of hydrogen-bond donors (Lipinski definition) is 1. The first-order valence-electron chi connectivity index (χ1n) is 7.63. The topological polar surface area (TPSA) is 66.8 Å². The SMILES string of the molecule is CN(CCc1ccncc1)c1nncc(Nc2ccc(Cl)c(Cl)c2)n1. The highest BCUT2D eigenvalue weighted by molar-refractivity contribution is 6.42. The summed E-state index contributed by atoms with van der Waals surface area (Å²) < 4.78 is 0. The minimum Gasteiger partial charge on any atom is -0.342 e. The van der Waals surface area contributed by atoms with E-state index in [2.05, 4.69) is 25.5 Å². The number of halogens is 2. The second kappa shape index (κ2) is 8.09. The molecule has 2 aromatic heterocycles. The molecular formula is C17H16Cl2N6. The lowest BCUT2D eigenvalue weighted by atomic mass is 10.2. The van der Waals surface area contributed by atoms with Gasteiger partial charge in [-0.05, 0) is 42.3 Å². The molecule has 1 N–H and O–H groups in total. The number of hydrogen-bond acceptors (Lipinski definition) is 6. The van der Waals surface area contributed by atoms with Crippen LogP contribution in [-0.2, 0) is 6.42 Å². The number of benzene rings is 1. The van der Waals surface area contributed by atoms with Crippen molar-refractivity contribution >= 4 is 40.7 Å². The molecule has 3 aromatic rings. The Labute approximate surface area is 155 Å². The molecule has 0 aliphatic carbocycles. The molecule has 128 valence electrons. The molecule has 0 bridgehead atoms. The lowest BCUT2D eigenvalue weighted by Crippen LogP contribution is -2.23. The molecule has 0 saturated carbocycles. The highest BCUT2D eigenvalue weighted by Crippen LogP contribution is 2.26. The highest BCUT2D eigenvalue weighted by Gasteiger charge is 2.08. The first-order valence-corrected chi connectivity index (χ1v) is 8.39. The number of nitrogens with one attached hydrogen (secondary N) is 1. The van der Waals surface area contributed by atoms with Crippen molar-refractivity contribution in [2.75, 3.05) is 23.8 Å². The average molecular weight is 375 g/mol. The Bertz CT molecular complexity index is 844. The van der Waals surface area contributed by atoms with E-state index in [-0.39, 0.29) is 0 Å². The van der Waals surface area contributed by atoms with Crippen LogP contribution in [0.5, 0.6) is 0 Å². The van der Waals surface area contributed by atoms with Crippen molar-refractivity contribution in [3.63, 3.8) is 0 Å². The zero-order valence-corrected chi connectivity index (χ0v) is 15.0. The van der Waals surface area contributed by atoms with Crippen molar-refractivity contribution < 1.29 is 0 Å². The van der Waals surface area contributed by atoms with E-state index in [1.807, 2.05) is 30.1 Å². The van der Waals surface area contributed by atoms with Crippen molar-refractivity contribution in [2.24, 2.45) is 0 Å². The molecule has 0 amide bonds. The molecule has 3 rings (SSSR count). The molecule has 0 radical (unpaired) electrons. The number of aromatic nitrogens is 4. The minimum absolute atomic E-state index is 0.475. The van der Waals surface area contributed by atoms with Gasteiger partial charge >= 0.3 is 0 Å². The van der Waals surface area contributed by atoms with Crippen LogP contribution in [0.15, 0.2) is 48.9 Å². The van der Waals surface area contributed by atoms with Crippen LogP contribution < -0.4 is 10.2 Å². The third kappa shape index (κ3) is 4.78. The van der Waals surface area contributed by atoms with Gasteiger partial charge in [-0.25, -0.2) is 0 Å². The van der Waals surface area contributed by atoms with Gasteiger partial charge in [0, 0.05) is 31.7 Å². The maximum atomic E-state index is 6.03. The van der Waals surface area contributed by atoms with Gasteiger partial charge < -0.3 is 10.2 Å². The Balaban J connectivity index is 1.66. The second-order valence-corrected chi connectivity index (χ2v) is 6.24. The van der Waals surface area contributed by atoms with Gasteiger partial charge in [-0.2, -0.15) is 10.1 Å². The van der Waals surface area contributed by atoms with Gasteiger partial charge in [-0.15, -0.1) is 5.10 Å². The van der Waals surface area contributed by atoms with Gasteiger partial charge in [0.25, 0.3) is 0 Å². The van der Waals surface area contributed by atoms with Crippen molar-refractivity contribution in [3.8, 4) is 0 Å². The summed E-state index contributed by atoms with van der Waals surface area (Å²) in [4.78, 5) is 10.5. The Kier molecular flexibility index (Phi) is 5.63. The Hall–Kier alpha value is -2.44. The molecule has 8 heteroatoms. The van der Waals surface area contributed by atoms with Gasteiger partial charge in [0.05, 0.1) is 16.2 Å². The Morgan fingerprint density at radius 3 is 2.64 bits per heavy atom. The molecule has 0 spiro atoms. The summed E-state index contributed by atoms with van der Waals surface area (Å²) >= 11 is 12.0.